The molecular formula is C19H25ClN2O3S. The topological polar surface area (TPSA) is 61.8 Å². The predicted octanol–water partition coefficient (Wildman–Crippen LogP) is 2.61. The van der Waals surface area contributed by atoms with Crippen LogP contribution in [0.4, 0.5) is 0 Å². The number of hydrogen-bond acceptors (Lipinski definition) is 5. The Morgan fingerprint density at radius 3 is 2.77 bits per heavy atom. The number of aliphatic hydroxyl groups excluding tert-OH is 1. The van der Waals surface area contributed by atoms with Crippen LogP contribution in [0.15, 0.2) is 47.8 Å². The van der Waals surface area contributed by atoms with E-state index in [1.807, 2.05) is 47.8 Å². The Morgan fingerprint density at radius 1 is 1.31 bits per heavy atom. The van der Waals surface area contributed by atoms with Crippen LogP contribution in [0.25, 0.3) is 0 Å². The van der Waals surface area contributed by atoms with Gasteiger partial charge in [0.1, 0.15) is 6.10 Å². The van der Waals surface area contributed by atoms with E-state index in [0.29, 0.717) is 32.7 Å². The van der Waals surface area contributed by atoms with Gasteiger partial charge in [-0.15, -0.1) is 23.7 Å². The van der Waals surface area contributed by atoms with E-state index in [2.05, 4.69) is 5.32 Å². The lowest BCUT2D eigenvalue weighted by atomic mass is 10.1. The second-order valence-electron chi connectivity index (χ2n) is 6.22. The number of morpholine rings is 1. The first-order valence-electron chi connectivity index (χ1n) is 8.56. The van der Waals surface area contributed by atoms with E-state index < -0.39 is 6.10 Å². The molecule has 2 atom stereocenters. The minimum Gasteiger partial charge on any atom is -0.386 e. The molecule has 142 valence electrons. The van der Waals surface area contributed by atoms with Crippen LogP contribution in [0.3, 0.4) is 0 Å². The van der Waals surface area contributed by atoms with Crippen molar-refractivity contribution in [3.05, 3.63) is 58.3 Å². The molecule has 26 heavy (non-hydrogen) atoms. The van der Waals surface area contributed by atoms with E-state index in [0.717, 1.165) is 17.0 Å². The second-order valence-corrected chi connectivity index (χ2v) is 7.20. The molecule has 1 aromatic heterocycles. The highest BCUT2D eigenvalue weighted by Crippen LogP contribution is 2.21. The maximum Gasteiger partial charge on any atom is 0.224 e. The summed E-state index contributed by atoms with van der Waals surface area (Å²) in [4.78, 5) is 15.5. The van der Waals surface area contributed by atoms with Crippen molar-refractivity contribution >= 4 is 29.7 Å². The van der Waals surface area contributed by atoms with E-state index in [4.69, 9.17) is 4.74 Å². The molecule has 0 radical (unpaired) electrons. The lowest BCUT2D eigenvalue weighted by Gasteiger charge is -2.29. The molecule has 1 fully saturated rings. The van der Waals surface area contributed by atoms with Gasteiger partial charge in [-0.3, -0.25) is 4.79 Å². The monoisotopic (exact) mass is 396 g/mol. The fourth-order valence-electron chi connectivity index (χ4n) is 2.93. The van der Waals surface area contributed by atoms with Gasteiger partial charge in [0.2, 0.25) is 5.91 Å². The van der Waals surface area contributed by atoms with Gasteiger partial charge in [-0.1, -0.05) is 36.4 Å². The van der Waals surface area contributed by atoms with Crippen LogP contribution in [0, 0.1) is 0 Å². The summed E-state index contributed by atoms with van der Waals surface area (Å²) in [7, 11) is 0. The van der Waals surface area contributed by atoms with Crippen molar-refractivity contribution in [2.45, 2.75) is 25.1 Å². The molecule has 1 saturated heterocycles. The van der Waals surface area contributed by atoms with Gasteiger partial charge in [0.15, 0.2) is 0 Å². The Balaban J connectivity index is 0.00000243. The zero-order valence-electron chi connectivity index (χ0n) is 14.5. The minimum absolute atomic E-state index is 0. The quantitative estimate of drug-likeness (QED) is 0.755. The first-order valence-corrected chi connectivity index (χ1v) is 9.44. The van der Waals surface area contributed by atoms with Crippen molar-refractivity contribution in [1.82, 2.24) is 10.2 Å². The lowest BCUT2D eigenvalue weighted by Crippen LogP contribution is -2.45. The summed E-state index contributed by atoms with van der Waals surface area (Å²) in [5.41, 5.74) is 1.06. The molecule has 1 aromatic carbocycles. The molecule has 0 spiro atoms. The molecule has 2 heterocycles. The number of thiophene rings is 1. The first kappa shape index (κ1) is 20.9. The fraction of sp³-hybridized carbons (Fsp3) is 0.421. The van der Waals surface area contributed by atoms with E-state index in [-0.39, 0.29) is 24.4 Å². The van der Waals surface area contributed by atoms with Crippen LogP contribution in [0.5, 0.6) is 0 Å². The number of carbonyl (C=O) groups is 1. The number of halogens is 1. The summed E-state index contributed by atoms with van der Waals surface area (Å²) in [6, 6.07) is 13.7. The van der Waals surface area contributed by atoms with E-state index in [1.54, 1.807) is 4.90 Å². The highest BCUT2D eigenvalue weighted by molar-refractivity contribution is 7.10. The van der Waals surface area contributed by atoms with Gasteiger partial charge in [-0.2, -0.15) is 0 Å². The summed E-state index contributed by atoms with van der Waals surface area (Å²) in [5.74, 6) is 0.0301. The smallest absolute Gasteiger partial charge is 0.224 e. The molecule has 3 rings (SSSR count). The number of nitrogens with one attached hydrogen (secondary N) is 1. The number of rotatable bonds is 7. The molecule has 2 unspecified atom stereocenters. The molecule has 1 amide bonds. The van der Waals surface area contributed by atoms with Crippen molar-refractivity contribution in [3.63, 3.8) is 0 Å². The Morgan fingerprint density at radius 2 is 2.12 bits per heavy atom. The molecule has 5 nitrogen and oxygen atoms in total. The van der Waals surface area contributed by atoms with Gasteiger partial charge in [-0.25, -0.2) is 0 Å². The summed E-state index contributed by atoms with van der Waals surface area (Å²) in [6.45, 7) is 2.81. The Kier molecular flexibility index (Phi) is 8.54. The molecular weight excluding hydrogens is 372 g/mol. The zero-order valence-corrected chi connectivity index (χ0v) is 16.2. The number of aliphatic hydroxyl groups is 1. The van der Waals surface area contributed by atoms with Gasteiger partial charge in [0.05, 0.1) is 19.8 Å². The van der Waals surface area contributed by atoms with Crippen molar-refractivity contribution < 1.29 is 14.6 Å². The number of carbonyl (C=O) groups excluding carboxylic acids is 1. The molecule has 0 saturated carbocycles. The van der Waals surface area contributed by atoms with Crippen molar-refractivity contribution in [1.29, 1.82) is 0 Å². The van der Waals surface area contributed by atoms with Crippen LogP contribution >= 0.6 is 23.7 Å². The van der Waals surface area contributed by atoms with E-state index >= 15 is 0 Å². The molecule has 0 aliphatic carbocycles. The largest absolute Gasteiger partial charge is 0.386 e. The summed E-state index contributed by atoms with van der Waals surface area (Å²) in [6.07, 6.45) is -0.285. The molecule has 0 bridgehead atoms. The number of nitrogens with zero attached hydrogens (tertiary/aromatic N) is 1. The average molecular weight is 397 g/mol. The SMILES string of the molecule is Cl.O=C(CC1COCCN1)N(Cc1ccccc1)CC(O)c1cccs1. The van der Waals surface area contributed by atoms with Crippen molar-refractivity contribution in [2.24, 2.45) is 0 Å². The Bertz CT molecular complexity index is 648. The molecule has 1 aliphatic heterocycles. The number of benzene rings is 1. The molecule has 1 aliphatic rings. The standard InChI is InChI=1S/C19H24N2O3S.ClH/c22-17(18-7-4-10-25-18)13-21(12-15-5-2-1-3-6-15)19(23)11-16-14-24-9-8-20-16;/h1-7,10,16-17,20,22H,8-9,11-14H2;1H. The normalized spacial score (nSPS) is 18.0. The molecule has 7 heteroatoms. The van der Waals surface area contributed by atoms with E-state index in [9.17, 15) is 9.90 Å². The third-order valence-electron chi connectivity index (χ3n) is 4.25. The Labute approximate surface area is 164 Å². The number of ether oxygens (including phenoxy) is 1. The Hall–Kier alpha value is -1.44. The van der Waals surface area contributed by atoms with Crippen LogP contribution in [-0.4, -0.2) is 48.3 Å². The number of hydrogen-bond donors (Lipinski definition) is 2. The predicted molar refractivity (Wildman–Crippen MR) is 106 cm³/mol. The zero-order chi connectivity index (χ0) is 17.5. The minimum atomic E-state index is -0.664. The van der Waals surface area contributed by atoms with Crippen molar-refractivity contribution in [2.75, 3.05) is 26.3 Å². The summed E-state index contributed by atoms with van der Waals surface area (Å²) >= 11 is 1.51. The van der Waals surface area contributed by atoms with Crippen molar-refractivity contribution in [3.8, 4) is 0 Å². The third-order valence-corrected chi connectivity index (χ3v) is 5.23. The maximum absolute atomic E-state index is 12.8. The summed E-state index contributed by atoms with van der Waals surface area (Å²) < 4.78 is 5.44. The molecule has 2 aromatic rings. The van der Waals surface area contributed by atoms with Crippen LogP contribution < -0.4 is 5.32 Å². The fourth-order valence-corrected chi connectivity index (χ4v) is 3.63. The average Bonchev–Trinajstić information content (AvgIpc) is 3.18. The number of amides is 1. The molecule has 2 N–H and O–H groups in total. The van der Waals surface area contributed by atoms with Gasteiger partial charge in [0, 0.05) is 30.4 Å². The second kappa shape index (κ2) is 10.6. The van der Waals surface area contributed by atoms with Gasteiger partial charge < -0.3 is 20.1 Å². The van der Waals surface area contributed by atoms with Crippen LogP contribution in [-0.2, 0) is 16.1 Å². The first-order chi connectivity index (χ1) is 12.2. The summed E-state index contributed by atoms with van der Waals surface area (Å²) in [5, 5.41) is 15.7. The lowest BCUT2D eigenvalue weighted by molar-refractivity contribution is -0.134. The van der Waals surface area contributed by atoms with Gasteiger partial charge >= 0.3 is 0 Å². The maximum atomic E-state index is 12.8. The van der Waals surface area contributed by atoms with Crippen LogP contribution in [0.2, 0.25) is 0 Å². The van der Waals surface area contributed by atoms with Gasteiger partial charge in [0.25, 0.3) is 0 Å². The highest BCUT2D eigenvalue weighted by atomic mass is 35.5. The highest BCUT2D eigenvalue weighted by Gasteiger charge is 2.24. The van der Waals surface area contributed by atoms with E-state index in [1.165, 1.54) is 11.3 Å². The third kappa shape index (κ3) is 6.07. The van der Waals surface area contributed by atoms with Gasteiger partial charge in [-0.05, 0) is 17.0 Å². The van der Waals surface area contributed by atoms with Crippen LogP contribution in [0.1, 0.15) is 23.0 Å².